The van der Waals surface area contributed by atoms with E-state index in [-0.39, 0.29) is 0 Å². The Kier molecular flexibility index (Phi) is 5.66. The number of hydrogen-bond acceptors (Lipinski definition) is 5. The predicted octanol–water partition coefficient (Wildman–Crippen LogP) is 1.62. The van der Waals surface area contributed by atoms with Crippen LogP contribution in [-0.4, -0.2) is 29.8 Å². The van der Waals surface area contributed by atoms with Crippen molar-refractivity contribution in [2.75, 3.05) is 20.3 Å². The van der Waals surface area contributed by atoms with Crippen LogP contribution in [0.4, 0.5) is 0 Å². The summed E-state index contributed by atoms with van der Waals surface area (Å²) in [7, 11) is 1.73. The molecular formula is C9H17N3OS. The summed E-state index contributed by atoms with van der Waals surface area (Å²) in [5.41, 5.74) is 0. The Morgan fingerprint density at radius 1 is 1.64 bits per heavy atom. The molecule has 0 fully saturated rings. The third-order valence-electron chi connectivity index (χ3n) is 2.01. The first-order chi connectivity index (χ1) is 6.88. The molecule has 0 amide bonds. The Morgan fingerprint density at radius 2 is 2.50 bits per heavy atom. The maximum Gasteiger partial charge on any atom is 0.0669 e. The van der Waals surface area contributed by atoms with Gasteiger partial charge in [0.15, 0.2) is 0 Å². The third kappa shape index (κ3) is 3.69. The van der Waals surface area contributed by atoms with Crippen LogP contribution in [0.1, 0.15) is 30.7 Å². The minimum atomic E-state index is 0.384. The summed E-state index contributed by atoms with van der Waals surface area (Å²) in [6, 6.07) is 0.384. The summed E-state index contributed by atoms with van der Waals surface area (Å²) < 4.78 is 8.91. The van der Waals surface area contributed by atoms with Crippen molar-refractivity contribution in [1.82, 2.24) is 14.9 Å². The summed E-state index contributed by atoms with van der Waals surface area (Å²) in [6.07, 6.45) is 3.97. The SMILES string of the molecule is CCNC(CCCOC)c1cnns1. The van der Waals surface area contributed by atoms with Gasteiger partial charge in [-0.3, -0.25) is 0 Å². The Morgan fingerprint density at radius 3 is 3.07 bits per heavy atom. The number of aromatic nitrogens is 2. The van der Waals surface area contributed by atoms with Crippen molar-refractivity contribution < 1.29 is 4.74 Å². The summed E-state index contributed by atoms with van der Waals surface area (Å²) in [4.78, 5) is 1.21. The van der Waals surface area contributed by atoms with Crippen molar-refractivity contribution in [2.24, 2.45) is 0 Å². The molecule has 1 rings (SSSR count). The molecule has 0 radical (unpaired) electrons. The fourth-order valence-corrected chi connectivity index (χ4v) is 1.96. The molecule has 1 atom stereocenters. The van der Waals surface area contributed by atoms with Gasteiger partial charge >= 0.3 is 0 Å². The van der Waals surface area contributed by atoms with Gasteiger partial charge in [-0.1, -0.05) is 11.4 Å². The number of methoxy groups -OCH3 is 1. The minimum Gasteiger partial charge on any atom is -0.385 e. The molecule has 80 valence electrons. The molecule has 1 N–H and O–H groups in total. The lowest BCUT2D eigenvalue weighted by atomic mass is 10.1. The molecule has 4 nitrogen and oxygen atoms in total. The lowest BCUT2D eigenvalue weighted by molar-refractivity contribution is 0.189. The van der Waals surface area contributed by atoms with Crippen LogP contribution >= 0.6 is 11.5 Å². The standard InChI is InChI=1S/C9H17N3OS/c1-3-10-8(5-4-6-13-2)9-7-11-12-14-9/h7-8,10H,3-6H2,1-2H3. The molecule has 0 saturated carbocycles. The molecule has 0 aliphatic rings. The average molecular weight is 215 g/mol. The van der Waals surface area contributed by atoms with E-state index in [1.165, 1.54) is 16.4 Å². The van der Waals surface area contributed by atoms with Crippen LogP contribution in [0.15, 0.2) is 6.20 Å². The van der Waals surface area contributed by atoms with E-state index in [0.717, 1.165) is 26.0 Å². The molecule has 1 aromatic heterocycles. The lowest BCUT2D eigenvalue weighted by Crippen LogP contribution is -2.20. The van der Waals surface area contributed by atoms with Gasteiger partial charge in [-0.15, -0.1) is 5.10 Å². The number of nitrogens with one attached hydrogen (secondary N) is 1. The Labute approximate surface area is 88.8 Å². The van der Waals surface area contributed by atoms with Crippen molar-refractivity contribution in [3.63, 3.8) is 0 Å². The first-order valence-electron chi connectivity index (χ1n) is 4.88. The molecule has 0 aromatic carbocycles. The summed E-state index contributed by atoms with van der Waals surface area (Å²) in [6.45, 7) is 3.89. The van der Waals surface area contributed by atoms with Gasteiger partial charge in [0.2, 0.25) is 0 Å². The summed E-state index contributed by atoms with van der Waals surface area (Å²) >= 11 is 1.46. The molecule has 1 heterocycles. The van der Waals surface area contributed by atoms with Crippen LogP contribution in [0, 0.1) is 0 Å². The quantitative estimate of drug-likeness (QED) is 0.702. The Balaban J connectivity index is 2.39. The number of nitrogens with zero attached hydrogens (tertiary/aromatic N) is 2. The highest BCUT2D eigenvalue weighted by atomic mass is 32.1. The summed E-state index contributed by atoms with van der Waals surface area (Å²) in [5.74, 6) is 0. The molecule has 0 saturated heterocycles. The fourth-order valence-electron chi connectivity index (χ4n) is 1.35. The zero-order valence-corrected chi connectivity index (χ0v) is 9.51. The Hall–Kier alpha value is -0.520. The monoisotopic (exact) mass is 215 g/mol. The van der Waals surface area contributed by atoms with Gasteiger partial charge in [-0.25, -0.2) is 0 Å². The largest absolute Gasteiger partial charge is 0.385 e. The van der Waals surface area contributed by atoms with Crippen LogP contribution in [0.25, 0.3) is 0 Å². The predicted molar refractivity (Wildman–Crippen MR) is 57.4 cm³/mol. The maximum absolute atomic E-state index is 5.03. The van der Waals surface area contributed by atoms with E-state index in [9.17, 15) is 0 Å². The van der Waals surface area contributed by atoms with Gasteiger partial charge in [0.05, 0.1) is 11.1 Å². The molecular weight excluding hydrogens is 198 g/mol. The van der Waals surface area contributed by atoms with E-state index in [1.807, 2.05) is 6.20 Å². The normalized spacial score (nSPS) is 13.0. The van der Waals surface area contributed by atoms with Gasteiger partial charge in [0, 0.05) is 19.8 Å². The topological polar surface area (TPSA) is 47.0 Å². The van der Waals surface area contributed by atoms with Crippen LogP contribution in [0.2, 0.25) is 0 Å². The van der Waals surface area contributed by atoms with Crippen molar-refractivity contribution in [3.8, 4) is 0 Å². The zero-order valence-electron chi connectivity index (χ0n) is 8.69. The van der Waals surface area contributed by atoms with Crippen molar-refractivity contribution in [3.05, 3.63) is 11.1 Å². The van der Waals surface area contributed by atoms with E-state index >= 15 is 0 Å². The minimum absolute atomic E-state index is 0.384. The second kappa shape index (κ2) is 6.86. The van der Waals surface area contributed by atoms with Gasteiger partial charge in [0.25, 0.3) is 0 Å². The third-order valence-corrected chi connectivity index (χ3v) is 2.79. The molecule has 0 spiro atoms. The van der Waals surface area contributed by atoms with Gasteiger partial charge in [0.1, 0.15) is 0 Å². The van der Waals surface area contributed by atoms with E-state index in [0.29, 0.717) is 6.04 Å². The summed E-state index contributed by atoms with van der Waals surface area (Å²) in [5, 5.41) is 7.27. The molecule has 0 aliphatic carbocycles. The van der Waals surface area contributed by atoms with Gasteiger partial charge < -0.3 is 10.1 Å². The smallest absolute Gasteiger partial charge is 0.0669 e. The zero-order chi connectivity index (χ0) is 10.2. The van der Waals surface area contributed by atoms with Crippen LogP contribution in [0.3, 0.4) is 0 Å². The highest BCUT2D eigenvalue weighted by Crippen LogP contribution is 2.20. The van der Waals surface area contributed by atoms with E-state index < -0.39 is 0 Å². The first-order valence-corrected chi connectivity index (χ1v) is 5.65. The molecule has 1 aromatic rings. The second-order valence-electron chi connectivity index (χ2n) is 3.07. The van der Waals surface area contributed by atoms with Crippen molar-refractivity contribution in [1.29, 1.82) is 0 Å². The second-order valence-corrected chi connectivity index (χ2v) is 3.88. The van der Waals surface area contributed by atoms with Gasteiger partial charge in [-0.2, -0.15) is 0 Å². The van der Waals surface area contributed by atoms with Crippen LogP contribution in [-0.2, 0) is 4.74 Å². The van der Waals surface area contributed by atoms with Crippen LogP contribution < -0.4 is 5.32 Å². The fraction of sp³-hybridized carbons (Fsp3) is 0.778. The highest BCUT2D eigenvalue weighted by Gasteiger charge is 2.11. The number of rotatable bonds is 7. The van der Waals surface area contributed by atoms with E-state index in [1.54, 1.807) is 7.11 Å². The molecule has 1 unspecified atom stereocenters. The first kappa shape index (κ1) is 11.6. The Bertz CT molecular complexity index is 228. The lowest BCUT2D eigenvalue weighted by Gasteiger charge is -2.14. The van der Waals surface area contributed by atoms with Crippen molar-refractivity contribution >= 4 is 11.5 Å². The average Bonchev–Trinajstić information content (AvgIpc) is 2.70. The molecule has 0 bridgehead atoms. The number of ether oxygens (including phenoxy) is 1. The van der Waals surface area contributed by atoms with E-state index in [4.69, 9.17) is 4.74 Å². The molecule has 5 heteroatoms. The van der Waals surface area contributed by atoms with Crippen LogP contribution in [0.5, 0.6) is 0 Å². The van der Waals surface area contributed by atoms with E-state index in [2.05, 4.69) is 21.8 Å². The van der Waals surface area contributed by atoms with Crippen molar-refractivity contribution in [2.45, 2.75) is 25.8 Å². The highest BCUT2D eigenvalue weighted by molar-refractivity contribution is 7.05. The molecule has 14 heavy (non-hydrogen) atoms. The molecule has 0 aliphatic heterocycles. The van der Waals surface area contributed by atoms with Gasteiger partial charge in [-0.05, 0) is 30.9 Å². The number of hydrogen-bond donors (Lipinski definition) is 1. The maximum atomic E-state index is 5.03.